The molecule has 122 valence electrons. The van der Waals surface area contributed by atoms with E-state index in [0.717, 1.165) is 35.5 Å². The number of hydrogen-bond donors (Lipinski definition) is 0. The van der Waals surface area contributed by atoms with Crippen molar-refractivity contribution in [1.82, 2.24) is 0 Å². The van der Waals surface area contributed by atoms with Crippen molar-refractivity contribution >= 4 is 6.47 Å². The van der Waals surface area contributed by atoms with Gasteiger partial charge in [0.2, 0.25) is 0 Å². The Morgan fingerprint density at radius 1 is 0.952 bits per heavy atom. The first kappa shape index (κ1) is 16.8. The molecule has 6 atom stereocenters. The predicted molar refractivity (Wildman–Crippen MR) is 86.8 cm³/mol. The van der Waals surface area contributed by atoms with E-state index in [0.29, 0.717) is 19.0 Å². The van der Waals surface area contributed by atoms with E-state index in [-0.39, 0.29) is 0 Å². The van der Waals surface area contributed by atoms with Crippen molar-refractivity contribution in [2.75, 3.05) is 6.61 Å². The van der Waals surface area contributed by atoms with Crippen molar-refractivity contribution in [2.45, 2.75) is 66.2 Å². The summed E-state index contributed by atoms with van der Waals surface area (Å²) in [5, 5.41) is 0. The Balaban J connectivity index is 1.78. The van der Waals surface area contributed by atoms with Crippen LogP contribution in [0.2, 0.25) is 0 Å². The summed E-state index contributed by atoms with van der Waals surface area (Å²) in [7, 11) is 0. The highest BCUT2D eigenvalue weighted by molar-refractivity contribution is 5.36. The van der Waals surface area contributed by atoms with E-state index < -0.39 is 0 Å². The van der Waals surface area contributed by atoms with E-state index in [1.807, 2.05) is 0 Å². The zero-order valence-corrected chi connectivity index (χ0v) is 14.4. The van der Waals surface area contributed by atoms with Crippen LogP contribution in [0.3, 0.4) is 0 Å². The molecular weight excluding hydrogens is 260 g/mol. The van der Waals surface area contributed by atoms with Crippen LogP contribution in [0.5, 0.6) is 0 Å². The first-order chi connectivity index (χ1) is 10.0. The normalized spacial score (nSPS) is 35.9. The van der Waals surface area contributed by atoms with Crippen molar-refractivity contribution in [1.29, 1.82) is 0 Å². The summed E-state index contributed by atoms with van der Waals surface area (Å²) >= 11 is 0. The standard InChI is InChI=1S/C19H34O2/c1-13(2)15(4)17-6-8-19(10-17)18-7-5-16(9-18)14(3)11-21-12-20/h12-19H,5-11H2,1-4H3. The predicted octanol–water partition coefficient (Wildman–Crippen LogP) is 4.92. The maximum absolute atomic E-state index is 10.3. The van der Waals surface area contributed by atoms with Gasteiger partial charge < -0.3 is 4.74 Å². The average molecular weight is 294 g/mol. The second-order valence-electron chi connectivity index (χ2n) is 8.18. The van der Waals surface area contributed by atoms with Gasteiger partial charge in [0.25, 0.3) is 6.47 Å². The minimum absolute atomic E-state index is 0.534. The molecule has 0 bridgehead atoms. The first-order valence-corrected chi connectivity index (χ1v) is 9.08. The quantitative estimate of drug-likeness (QED) is 0.623. The minimum Gasteiger partial charge on any atom is -0.468 e. The van der Waals surface area contributed by atoms with Crippen molar-refractivity contribution in [3.63, 3.8) is 0 Å². The molecule has 0 aromatic rings. The number of carbonyl (C=O) groups excluding carboxylic acids is 1. The fourth-order valence-corrected chi connectivity index (χ4v) is 4.83. The van der Waals surface area contributed by atoms with Gasteiger partial charge >= 0.3 is 0 Å². The van der Waals surface area contributed by atoms with Crippen LogP contribution < -0.4 is 0 Å². The summed E-state index contributed by atoms with van der Waals surface area (Å²) in [5.41, 5.74) is 0. The number of ether oxygens (including phenoxy) is 1. The lowest BCUT2D eigenvalue weighted by Gasteiger charge is -2.25. The highest BCUT2D eigenvalue weighted by Crippen LogP contribution is 2.48. The van der Waals surface area contributed by atoms with Crippen LogP contribution >= 0.6 is 0 Å². The maximum atomic E-state index is 10.3. The van der Waals surface area contributed by atoms with Gasteiger partial charge in [-0.25, -0.2) is 0 Å². The van der Waals surface area contributed by atoms with Gasteiger partial charge in [0.15, 0.2) is 0 Å². The van der Waals surface area contributed by atoms with Crippen LogP contribution in [0.1, 0.15) is 66.2 Å². The third-order valence-corrected chi connectivity index (χ3v) is 6.72. The fraction of sp³-hybridized carbons (Fsp3) is 0.947. The van der Waals surface area contributed by atoms with E-state index in [2.05, 4.69) is 27.7 Å². The third kappa shape index (κ3) is 4.23. The molecular formula is C19H34O2. The molecule has 2 fully saturated rings. The summed E-state index contributed by atoms with van der Waals surface area (Å²) in [6, 6.07) is 0. The number of carbonyl (C=O) groups is 1. The molecule has 2 heteroatoms. The van der Waals surface area contributed by atoms with Crippen LogP contribution in [0.4, 0.5) is 0 Å². The number of rotatable bonds is 7. The molecule has 0 aliphatic heterocycles. The molecule has 0 amide bonds. The fourth-order valence-electron chi connectivity index (χ4n) is 4.83. The van der Waals surface area contributed by atoms with Crippen molar-refractivity contribution in [2.24, 2.45) is 41.4 Å². The van der Waals surface area contributed by atoms with Gasteiger partial charge in [-0.15, -0.1) is 0 Å². The molecule has 2 rings (SSSR count). The van der Waals surface area contributed by atoms with Crippen LogP contribution in [-0.2, 0) is 9.53 Å². The third-order valence-electron chi connectivity index (χ3n) is 6.72. The Morgan fingerprint density at radius 3 is 2.10 bits per heavy atom. The second kappa shape index (κ2) is 7.65. The lowest BCUT2D eigenvalue weighted by Crippen LogP contribution is -2.17. The molecule has 0 radical (unpaired) electrons. The smallest absolute Gasteiger partial charge is 0.293 e. The molecule has 0 heterocycles. The summed E-state index contributed by atoms with van der Waals surface area (Å²) in [6.45, 7) is 10.6. The second-order valence-corrected chi connectivity index (χ2v) is 8.18. The van der Waals surface area contributed by atoms with Crippen molar-refractivity contribution in [3.05, 3.63) is 0 Å². The van der Waals surface area contributed by atoms with Crippen LogP contribution in [-0.4, -0.2) is 13.1 Å². The minimum atomic E-state index is 0.534. The van der Waals surface area contributed by atoms with Crippen LogP contribution in [0.15, 0.2) is 0 Å². The molecule has 0 N–H and O–H groups in total. The molecule has 0 spiro atoms. The molecule has 2 aliphatic rings. The van der Waals surface area contributed by atoms with Gasteiger partial charge in [-0.3, -0.25) is 4.79 Å². The number of hydrogen-bond acceptors (Lipinski definition) is 2. The Labute approximate surface area is 131 Å². The lowest BCUT2D eigenvalue weighted by molar-refractivity contribution is -0.130. The zero-order chi connectivity index (χ0) is 15.4. The largest absolute Gasteiger partial charge is 0.468 e. The summed E-state index contributed by atoms with van der Waals surface area (Å²) in [5.74, 6) is 5.89. The highest BCUT2D eigenvalue weighted by atomic mass is 16.5. The topological polar surface area (TPSA) is 26.3 Å². The Morgan fingerprint density at radius 2 is 1.52 bits per heavy atom. The summed E-state index contributed by atoms with van der Waals surface area (Å²) in [6.07, 6.45) is 8.50. The lowest BCUT2D eigenvalue weighted by atomic mass is 9.81. The van der Waals surface area contributed by atoms with E-state index >= 15 is 0 Å². The molecule has 0 aromatic heterocycles. The van der Waals surface area contributed by atoms with Gasteiger partial charge in [-0.05, 0) is 80.0 Å². The van der Waals surface area contributed by atoms with E-state index in [4.69, 9.17) is 4.74 Å². The van der Waals surface area contributed by atoms with Crippen LogP contribution in [0.25, 0.3) is 0 Å². The maximum Gasteiger partial charge on any atom is 0.293 e. The van der Waals surface area contributed by atoms with Crippen molar-refractivity contribution < 1.29 is 9.53 Å². The first-order valence-electron chi connectivity index (χ1n) is 9.08. The van der Waals surface area contributed by atoms with Crippen LogP contribution in [0, 0.1) is 41.4 Å². The zero-order valence-electron chi connectivity index (χ0n) is 14.4. The summed E-state index contributed by atoms with van der Waals surface area (Å²) in [4.78, 5) is 10.3. The van der Waals surface area contributed by atoms with Gasteiger partial charge in [-0.1, -0.05) is 27.7 Å². The van der Waals surface area contributed by atoms with Gasteiger partial charge in [-0.2, -0.15) is 0 Å². The van der Waals surface area contributed by atoms with E-state index in [1.165, 1.54) is 38.5 Å². The van der Waals surface area contributed by atoms with Gasteiger partial charge in [0.1, 0.15) is 0 Å². The van der Waals surface area contributed by atoms with E-state index in [9.17, 15) is 4.79 Å². The van der Waals surface area contributed by atoms with Gasteiger partial charge in [0.05, 0.1) is 6.61 Å². The Hall–Kier alpha value is -0.530. The molecule has 2 nitrogen and oxygen atoms in total. The highest BCUT2D eigenvalue weighted by Gasteiger charge is 2.38. The molecule has 0 aromatic carbocycles. The molecule has 2 aliphatic carbocycles. The Kier molecular flexibility index (Phi) is 6.13. The molecule has 21 heavy (non-hydrogen) atoms. The SMILES string of the molecule is CC(C)C(C)C1CCC(C2CCC(C(C)COC=O)C2)C1. The summed E-state index contributed by atoms with van der Waals surface area (Å²) < 4.78 is 4.96. The van der Waals surface area contributed by atoms with E-state index in [1.54, 1.807) is 0 Å². The average Bonchev–Trinajstić information content (AvgIpc) is 3.11. The van der Waals surface area contributed by atoms with Crippen molar-refractivity contribution in [3.8, 4) is 0 Å². The Bertz CT molecular complexity index is 326. The molecule has 0 saturated heterocycles. The molecule has 6 unspecified atom stereocenters. The van der Waals surface area contributed by atoms with Gasteiger partial charge in [0, 0.05) is 0 Å². The molecule has 2 saturated carbocycles. The monoisotopic (exact) mass is 294 g/mol.